The SMILES string of the molecule is CCN(Cc1cccc(F)c1)C(=O)c1cc(Br)ccc1C. The highest BCUT2D eigenvalue weighted by Crippen LogP contribution is 2.19. The van der Waals surface area contributed by atoms with Crippen molar-refractivity contribution in [3.63, 3.8) is 0 Å². The van der Waals surface area contributed by atoms with Crippen molar-refractivity contribution in [3.8, 4) is 0 Å². The van der Waals surface area contributed by atoms with Crippen molar-refractivity contribution >= 4 is 21.8 Å². The highest BCUT2D eigenvalue weighted by Gasteiger charge is 2.17. The molecule has 0 saturated heterocycles. The summed E-state index contributed by atoms with van der Waals surface area (Å²) < 4.78 is 14.1. The molecule has 4 heteroatoms. The Labute approximate surface area is 132 Å². The molecule has 1 amide bonds. The van der Waals surface area contributed by atoms with Gasteiger partial charge in [-0.1, -0.05) is 34.1 Å². The van der Waals surface area contributed by atoms with Crippen LogP contribution in [0.4, 0.5) is 4.39 Å². The molecule has 0 atom stereocenters. The minimum absolute atomic E-state index is 0.0411. The summed E-state index contributed by atoms with van der Waals surface area (Å²) in [6.07, 6.45) is 0. The monoisotopic (exact) mass is 349 g/mol. The Morgan fingerprint density at radius 2 is 2.00 bits per heavy atom. The van der Waals surface area contributed by atoms with E-state index < -0.39 is 0 Å². The minimum Gasteiger partial charge on any atom is -0.335 e. The van der Waals surface area contributed by atoms with Crippen LogP contribution in [0.25, 0.3) is 0 Å². The van der Waals surface area contributed by atoms with Gasteiger partial charge < -0.3 is 4.90 Å². The first-order valence-electron chi connectivity index (χ1n) is 6.81. The van der Waals surface area contributed by atoms with Gasteiger partial charge in [0.1, 0.15) is 5.82 Å². The number of halogens is 2. The van der Waals surface area contributed by atoms with E-state index in [-0.39, 0.29) is 11.7 Å². The van der Waals surface area contributed by atoms with Gasteiger partial charge in [0.2, 0.25) is 0 Å². The second kappa shape index (κ2) is 6.85. The lowest BCUT2D eigenvalue weighted by Gasteiger charge is -2.22. The second-order valence-electron chi connectivity index (χ2n) is 4.91. The summed E-state index contributed by atoms with van der Waals surface area (Å²) in [4.78, 5) is 14.4. The summed E-state index contributed by atoms with van der Waals surface area (Å²) in [5.41, 5.74) is 2.39. The lowest BCUT2D eigenvalue weighted by atomic mass is 10.1. The minimum atomic E-state index is -0.283. The molecule has 2 rings (SSSR count). The maximum atomic E-state index is 13.3. The first-order chi connectivity index (χ1) is 10.0. The smallest absolute Gasteiger partial charge is 0.254 e. The zero-order valence-corrected chi connectivity index (χ0v) is 13.7. The average molecular weight is 350 g/mol. The molecule has 0 heterocycles. The molecule has 0 fully saturated rings. The number of carbonyl (C=O) groups excluding carboxylic acids is 1. The van der Waals surface area contributed by atoms with Gasteiger partial charge in [-0.3, -0.25) is 4.79 Å². The molecule has 2 nitrogen and oxygen atoms in total. The first kappa shape index (κ1) is 15.7. The molecular weight excluding hydrogens is 333 g/mol. The van der Waals surface area contributed by atoms with Crippen LogP contribution >= 0.6 is 15.9 Å². The summed E-state index contributed by atoms with van der Waals surface area (Å²) in [6.45, 7) is 4.81. The molecule has 0 bridgehead atoms. The van der Waals surface area contributed by atoms with Gasteiger partial charge >= 0.3 is 0 Å². The van der Waals surface area contributed by atoms with Crippen molar-refractivity contribution < 1.29 is 9.18 Å². The van der Waals surface area contributed by atoms with E-state index >= 15 is 0 Å². The van der Waals surface area contributed by atoms with Gasteiger partial charge in [-0.15, -0.1) is 0 Å². The van der Waals surface area contributed by atoms with Crippen LogP contribution in [0, 0.1) is 12.7 Å². The lowest BCUT2D eigenvalue weighted by molar-refractivity contribution is 0.0751. The van der Waals surface area contributed by atoms with Crippen molar-refractivity contribution in [2.24, 2.45) is 0 Å². The molecule has 0 aromatic heterocycles. The maximum Gasteiger partial charge on any atom is 0.254 e. The Morgan fingerprint density at radius 3 is 2.67 bits per heavy atom. The average Bonchev–Trinajstić information content (AvgIpc) is 2.46. The Hall–Kier alpha value is -1.68. The lowest BCUT2D eigenvalue weighted by Crippen LogP contribution is -2.30. The molecule has 110 valence electrons. The molecule has 0 aliphatic heterocycles. The zero-order chi connectivity index (χ0) is 15.4. The van der Waals surface area contributed by atoms with Crippen LogP contribution in [0.5, 0.6) is 0 Å². The van der Waals surface area contributed by atoms with Crippen molar-refractivity contribution in [1.82, 2.24) is 4.90 Å². The molecule has 0 aliphatic carbocycles. The molecule has 21 heavy (non-hydrogen) atoms. The van der Waals surface area contributed by atoms with E-state index in [4.69, 9.17) is 0 Å². The quantitative estimate of drug-likeness (QED) is 0.792. The van der Waals surface area contributed by atoms with Crippen molar-refractivity contribution in [1.29, 1.82) is 0 Å². The van der Waals surface area contributed by atoms with E-state index in [0.717, 1.165) is 15.6 Å². The first-order valence-corrected chi connectivity index (χ1v) is 7.60. The van der Waals surface area contributed by atoms with Crippen LogP contribution in [-0.4, -0.2) is 17.4 Å². The normalized spacial score (nSPS) is 10.5. The second-order valence-corrected chi connectivity index (χ2v) is 5.82. The van der Waals surface area contributed by atoms with E-state index in [9.17, 15) is 9.18 Å². The van der Waals surface area contributed by atoms with Crippen molar-refractivity contribution in [2.45, 2.75) is 20.4 Å². The molecule has 0 aliphatic rings. The fourth-order valence-corrected chi connectivity index (χ4v) is 2.54. The summed E-state index contributed by atoms with van der Waals surface area (Å²) in [5.74, 6) is -0.324. The molecule has 2 aromatic carbocycles. The number of rotatable bonds is 4. The van der Waals surface area contributed by atoms with Gasteiger partial charge in [-0.05, 0) is 49.2 Å². The van der Waals surface area contributed by atoms with E-state index in [2.05, 4.69) is 15.9 Å². The fraction of sp³-hybridized carbons (Fsp3) is 0.235. The molecule has 0 radical (unpaired) electrons. The Kier molecular flexibility index (Phi) is 5.12. The summed E-state index contributed by atoms with van der Waals surface area (Å²) in [7, 11) is 0. The number of benzene rings is 2. The predicted molar refractivity (Wildman–Crippen MR) is 85.7 cm³/mol. The van der Waals surface area contributed by atoms with E-state index in [0.29, 0.717) is 18.7 Å². The van der Waals surface area contributed by atoms with Gasteiger partial charge in [0.05, 0.1) is 0 Å². The third kappa shape index (κ3) is 3.91. The van der Waals surface area contributed by atoms with Crippen molar-refractivity contribution in [3.05, 3.63) is 69.4 Å². The van der Waals surface area contributed by atoms with Gasteiger partial charge in [0.15, 0.2) is 0 Å². The molecule has 0 N–H and O–H groups in total. The molecule has 0 unspecified atom stereocenters. The third-order valence-electron chi connectivity index (χ3n) is 3.36. The highest BCUT2D eigenvalue weighted by atomic mass is 79.9. The number of hydrogen-bond donors (Lipinski definition) is 0. The third-order valence-corrected chi connectivity index (χ3v) is 3.85. The molecule has 0 saturated carbocycles. The van der Waals surface area contributed by atoms with Crippen LogP contribution in [0.2, 0.25) is 0 Å². The van der Waals surface area contributed by atoms with Crippen LogP contribution < -0.4 is 0 Å². The fourth-order valence-electron chi connectivity index (χ4n) is 2.18. The molecule has 0 spiro atoms. The number of amides is 1. The van der Waals surface area contributed by atoms with Gasteiger partial charge in [0.25, 0.3) is 5.91 Å². The summed E-state index contributed by atoms with van der Waals surface area (Å²) in [5, 5.41) is 0. The number of hydrogen-bond acceptors (Lipinski definition) is 1. The predicted octanol–water partition coefficient (Wildman–Crippen LogP) is 4.56. The van der Waals surface area contributed by atoms with Crippen LogP contribution in [0.1, 0.15) is 28.4 Å². The molecule has 2 aromatic rings. The number of carbonyl (C=O) groups is 1. The number of aryl methyl sites for hydroxylation is 1. The Bertz CT molecular complexity index is 657. The maximum absolute atomic E-state index is 13.3. The topological polar surface area (TPSA) is 20.3 Å². The Balaban J connectivity index is 2.24. The van der Waals surface area contributed by atoms with E-state index in [1.54, 1.807) is 11.0 Å². The van der Waals surface area contributed by atoms with Crippen LogP contribution in [-0.2, 0) is 6.54 Å². The summed E-state index contributed by atoms with van der Waals surface area (Å²) >= 11 is 3.39. The van der Waals surface area contributed by atoms with Gasteiger partial charge in [-0.2, -0.15) is 0 Å². The number of nitrogens with zero attached hydrogens (tertiary/aromatic N) is 1. The van der Waals surface area contributed by atoms with Crippen LogP contribution in [0.15, 0.2) is 46.9 Å². The van der Waals surface area contributed by atoms with Crippen LogP contribution in [0.3, 0.4) is 0 Å². The van der Waals surface area contributed by atoms with Crippen molar-refractivity contribution in [2.75, 3.05) is 6.54 Å². The van der Waals surface area contributed by atoms with E-state index in [1.165, 1.54) is 12.1 Å². The van der Waals surface area contributed by atoms with Gasteiger partial charge in [0, 0.05) is 23.1 Å². The van der Waals surface area contributed by atoms with E-state index in [1.807, 2.05) is 38.1 Å². The highest BCUT2D eigenvalue weighted by molar-refractivity contribution is 9.10. The van der Waals surface area contributed by atoms with Gasteiger partial charge in [-0.25, -0.2) is 4.39 Å². The molecular formula is C17H17BrFNO. The summed E-state index contributed by atoms with van der Waals surface area (Å²) in [6, 6.07) is 12.0. The largest absolute Gasteiger partial charge is 0.335 e. The Morgan fingerprint density at radius 1 is 1.24 bits per heavy atom. The standard InChI is InChI=1S/C17H17BrFNO/c1-3-20(11-13-5-4-6-15(19)9-13)17(21)16-10-14(18)8-7-12(16)2/h4-10H,3,11H2,1-2H3. The zero-order valence-electron chi connectivity index (χ0n) is 12.1.